The van der Waals surface area contributed by atoms with E-state index in [2.05, 4.69) is 4.98 Å². The summed E-state index contributed by atoms with van der Waals surface area (Å²) in [6.07, 6.45) is 3.29. The minimum atomic E-state index is -0.518. The fourth-order valence-corrected chi connectivity index (χ4v) is 2.31. The molecule has 2 atom stereocenters. The van der Waals surface area contributed by atoms with Gasteiger partial charge in [-0.2, -0.15) is 0 Å². The molecule has 0 radical (unpaired) electrons. The SMILES string of the molecule is CSc1ccc(C(O)C(C)c2ccccn2)cc1. The average molecular weight is 259 g/mol. The molecule has 0 aliphatic heterocycles. The van der Waals surface area contributed by atoms with Gasteiger partial charge in [-0.25, -0.2) is 0 Å². The van der Waals surface area contributed by atoms with Crippen molar-refractivity contribution >= 4 is 11.8 Å². The van der Waals surface area contributed by atoms with Crippen molar-refractivity contribution < 1.29 is 5.11 Å². The van der Waals surface area contributed by atoms with Crippen molar-refractivity contribution in [1.82, 2.24) is 4.98 Å². The van der Waals surface area contributed by atoms with Gasteiger partial charge in [-0.15, -0.1) is 11.8 Å². The van der Waals surface area contributed by atoms with Crippen LogP contribution in [0.1, 0.15) is 30.2 Å². The third kappa shape index (κ3) is 2.92. The number of aromatic nitrogens is 1. The van der Waals surface area contributed by atoms with Crippen molar-refractivity contribution in [2.45, 2.75) is 23.8 Å². The van der Waals surface area contributed by atoms with E-state index < -0.39 is 6.10 Å². The summed E-state index contributed by atoms with van der Waals surface area (Å²) in [5.74, 6) is -0.00803. The molecular weight excluding hydrogens is 242 g/mol. The van der Waals surface area contributed by atoms with Crippen LogP contribution in [0.25, 0.3) is 0 Å². The number of hydrogen-bond acceptors (Lipinski definition) is 3. The topological polar surface area (TPSA) is 33.1 Å². The van der Waals surface area contributed by atoms with Crippen LogP contribution in [0.3, 0.4) is 0 Å². The predicted molar refractivity (Wildman–Crippen MR) is 75.8 cm³/mol. The molecule has 2 aromatic rings. The standard InChI is InChI=1S/C15H17NOS/c1-11(14-5-3-4-10-16-14)15(17)12-6-8-13(18-2)9-7-12/h3-11,15,17H,1-2H3. The Morgan fingerprint density at radius 1 is 1.11 bits per heavy atom. The number of aliphatic hydroxyl groups excluding tert-OH is 1. The van der Waals surface area contributed by atoms with Gasteiger partial charge < -0.3 is 5.11 Å². The summed E-state index contributed by atoms with van der Waals surface area (Å²) in [6.45, 7) is 2.00. The molecule has 0 bridgehead atoms. The first kappa shape index (κ1) is 13.1. The molecule has 94 valence electrons. The third-order valence-corrected chi connectivity index (χ3v) is 3.83. The van der Waals surface area contributed by atoms with Crippen LogP contribution in [-0.4, -0.2) is 16.3 Å². The Morgan fingerprint density at radius 2 is 1.83 bits per heavy atom. The van der Waals surface area contributed by atoms with Crippen LogP contribution in [0.15, 0.2) is 53.6 Å². The maximum Gasteiger partial charge on any atom is 0.0870 e. The number of rotatable bonds is 4. The van der Waals surface area contributed by atoms with Crippen LogP contribution in [0.4, 0.5) is 0 Å². The van der Waals surface area contributed by atoms with Crippen molar-refractivity contribution in [2.75, 3.05) is 6.26 Å². The van der Waals surface area contributed by atoms with Gasteiger partial charge in [0.25, 0.3) is 0 Å². The highest BCUT2D eigenvalue weighted by atomic mass is 32.2. The molecule has 1 N–H and O–H groups in total. The zero-order valence-electron chi connectivity index (χ0n) is 10.6. The molecule has 0 spiro atoms. The van der Waals surface area contributed by atoms with Gasteiger partial charge in [0.2, 0.25) is 0 Å². The van der Waals surface area contributed by atoms with Crippen molar-refractivity contribution in [2.24, 2.45) is 0 Å². The van der Waals surface area contributed by atoms with Crippen LogP contribution in [-0.2, 0) is 0 Å². The Labute approximate surface area is 112 Å². The molecule has 2 nitrogen and oxygen atoms in total. The van der Waals surface area contributed by atoms with Crippen LogP contribution in [0.2, 0.25) is 0 Å². The maximum atomic E-state index is 10.4. The molecule has 0 saturated heterocycles. The first-order valence-electron chi connectivity index (χ1n) is 5.95. The monoisotopic (exact) mass is 259 g/mol. The second-order valence-corrected chi connectivity index (χ2v) is 5.14. The van der Waals surface area contributed by atoms with E-state index in [1.54, 1.807) is 18.0 Å². The van der Waals surface area contributed by atoms with E-state index in [0.29, 0.717) is 0 Å². The number of hydrogen-bond donors (Lipinski definition) is 1. The zero-order valence-corrected chi connectivity index (χ0v) is 11.4. The highest BCUT2D eigenvalue weighted by Gasteiger charge is 2.18. The highest BCUT2D eigenvalue weighted by molar-refractivity contribution is 7.98. The molecule has 18 heavy (non-hydrogen) atoms. The molecule has 3 heteroatoms. The fraction of sp³-hybridized carbons (Fsp3) is 0.267. The number of benzene rings is 1. The molecule has 2 rings (SSSR count). The summed E-state index contributed by atoms with van der Waals surface area (Å²) in [4.78, 5) is 5.50. The number of nitrogens with zero attached hydrogens (tertiary/aromatic N) is 1. The Hall–Kier alpha value is -1.32. The molecule has 0 aliphatic carbocycles. The second kappa shape index (κ2) is 6.03. The van der Waals surface area contributed by atoms with Crippen LogP contribution in [0, 0.1) is 0 Å². The number of thioether (sulfide) groups is 1. The van der Waals surface area contributed by atoms with E-state index in [1.807, 2.05) is 55.6 Å². The third-order valence-electron chi connectivity index (χ3n) is 3.09. The van der Waals surface area contributed by atoms with Crippen molar-refractivity contribution in [3.8, 4) is 0 Å². The Balaban J connectivity index is 2.17. The van der Waals surface area contributed by atoms with E-state index in [-0.39, 0.29) is 5.92 Å². The fourth-order valence-electron chi connectivity index (χ4n) is 1.90. The van der Waals surface area contributed by atoms with E-state index in [4.69, 9.17) is 0 Å². The van der Waals surface area contributed by atoms with Gasteiger partial charge in [-0.3, -0.25) is 4.98 Å². The lowest BCUT2D eigenvalue weighted by atomic mass is 9.94. The Kier molecular flexibility index (Phi) is 4.39. The smallest absolute Gasteiger partial charge is 0.0870 e. The summed E-state index contributed by atoms with van der Waals surface area (Å²) in [7, 11) is 0. The average Bonchev–Trinajstić information content (AvgIpc) is 2.47. The van der Waals surface area contributed by atoms with Gasteiger partial charge in [0, 0.05) is 22.7 Å². The highest BCUT2D eigenvalue weighted by Crippen LogP contribution is 2.30. The first-order valence-corrected chi connectivity index (χ1v) is 7.18. The lowest BCUT2D eigenvalue weighted by molar-refractivity contribution is 0.150. The van der Waals surface area contributed by atoms with Crippen molar-refractivity contribution in [1.29, 1.82) is 0 Å². The molecule has 0 fully saturated rings. The van der Waals surface area contributed by atoms with E-state index in [0.717, 1.165) is 11.3 Å². The summed E-state index contributed by atoms with van der Waals surface area (Å²) < 4.78 is 0. The summed E-state index contributed by atoms with van der Waals surface area (Å²) in [6, 6.07) is 13.8. The van der Waals surface area contributed by atoms with Crippen LogP contribution < -0.4 is 0 Å². The van der Waals surface area contributed by atoms with Gasteiger partial charge in [0.05, 0.1) is 6.10 Å². The van der Waals surface area contributed by atoms with Crippen molar-refractivity contribution in [3.63, 3.8) is 0 Å². The minimum absolute atomic E-state index is 0.00803. The molecule has 1 heterocycles. The lowest BCUT2D eigenvalue weighted by Crippen LogP contribution is -2.08. The molecule has 1 aromatic carbocycles. The maximum absolute atomic E-state index is 10.4. The molecule has 2 unspecified atom stereocenters. The van der Waals surface area contributed by atoms with Gasteiger partial charge in [0.15, 0.2) is 0 Å². The van der Waals surface area contributed by atoms with Gasteiger partial charge in [-0.1, -0.05) is 25.1 Å². The van der Waals surface area contributed by atoms with E-state index in [9.17, 15) is 5.11 Å². The molecule has 0 amide bonds. The number of pyridine rings is 1. The summed E-state index contributed by atoms with van der Waals surface area (Å²) in [5.41, 5.74) is 1.85. The quantitative estimate of drug-likeness (QED) is 0.851. The lowest BCUT2D eigenvalue weighted by Gasteiger charge is -2.18. The zero-order chi connectivity index (χ0) is 13.0. The van der Waals surface area contributed by atoms with Gasteiger partial charge in [-0.05, 0) is 36.1 Å². The molecule has 0 saturated carbocycles. The Bertz CT molecular complexity index is 484. The minimum Gasteiger partial charge on any atom is -0.388 e. The first-order chi connectivity index (χ1) is 8.72. The van der Waals surface area contributed by atoms with Crippen LogP contribution in [0.5, 0.6) is 0 Å². The number of aliphatic hydroxyl groups is 1. The van der Waals surface area contributed by atoms with E-state index >= 15 is 0 Å². The molecule has 1 aromatic heterocycles. The molecule has 0 aliphatic rings. The largest absolute Gasteiger partial charge is 0.388 e. The van der Waals surface area contributed by atoms with Gasteiger partial charge in [0.1, 0.15) is 0 Å². The summed E-state index contributed by atoms with van der Waals surface area (Å²) >= 11 is 1.70. The van der Waals surface area contributed by atoms with Gasteiger partial charge >= 0.3 is 0 Å². The van der Waals surface area contributed by atoms with Crippen LogP contribution >= 0.6 is 11.8 Å². The predicted octanol–water partition coefficient (Wildman–Crippen LogP) is 3.64. The molecular formula is C15H17NOS. The van der Waals surface area contributed by atoms with Crippen molar-refractivity contribution in [3.05, 3.63) is 59.9 Å². The second-order valence-electron chi connectivity index (χ2n) is 4.26. The van der Waals surface area contributed by atoms with E-state index in [1.165, 1.54) is 4.90 Å². The normalized spacial score (nSPS) is 14.2. The summed E-state index contributed by atoms with van der Waals surface area (Å²) in [5, 5.41) is 10.4. The Morgan fingerprint density at radius 3 is 2.39 bits per heavy atom.